The molecule has 276 valence electrons. The first kappa shape index (κ1) is 38.5. The molecule has 1 aliphatic rings. The second-order valence-electron chi connectivity index (χ2n) is 15.9. The number of unbranched alkanes of at least 4 members (excludes halogenated alkanes) is 1. The number of nitrogens with one attached hydrogen (secondary N) is 2. The highest BCUT2D eigenvalue weighted by Gasteiger charge is 2.39. The van der Waals surface area contributed by atoms with Crippen molar-refractivity contribution in [1.82, 2.24) is 19.9 Å². The highest BCUT2D eigenvalue weighted by Crippen LogP contribution is 2.38. The number of hydrogen-bond donors (Lipinski definition) is 2. The van der Waals surface area contributed by atoms with Crippen LogP contribution in [0.3, 0.4) is 0 Å². The number of benzene rings is 2. The standard InChI is InChI=1S/C41H60N6O3Si/c1-10-11-20-41(5,29-50-51(8,9)40(2,3)4)46-38-35-27-42-33(23-30-14-16-31(17-15-30)28-47-21-12-13-22-47)24-36(35)44-39(45-38)43-26-32-18-19-34(48-6)25-37(32)49-7/h14-19,24-25,27H,10-13,20-23,26,28-29H2,1-9H3,(H2,43,44,45,46)/t41-/m1/s1. The molecule has 2 aromatic carbocycles. The molecule has 10 heteroatoms. The summed E-state index contributed by atoms with van der Waals surface area (Å²) in [6, 6.07) is 16.9. The van der Waals surface area contributed by atoms with E-state index < -0.39 is 8.32 Å². The molecule has 1 saturated heterocycles. The van der Waals surface area contributed by atoms with Gasteiger partial charge in [0.2, 0.25) is 5.95 Å². The van der Waals surface area contributed by atoms with Crippen LogP contribution in [-0.4, -0.2) is 67.6 Å². The number of anilines is 2. The minimum absolute atomic E-state index is 0.119. The summed E-state index contributed by atoms with van der Waals surface area (Å²) < 4.78 is 17.9. The molecule has 0 bridgehead atoms. The Hall–Kier alpha value is -3.73. The first-order chi connectivity index (χ1) is 24.3. The largest absolute Gasteiger partial charge is 0.497 e. The number of fused-ring (bicyclic) bond motifs is 1. The summed E-state index contributed by atoms with van der Waals surface area (Å²) in [6.45, 7) is 20.5. The highest BCUT2D eigenvalue weighted by molar-refractivity contribution is 6.74. The molecule has 0 amide bonds. The molecule has 2 aromatic heterocycles. The van der Waals surface area contributed by atoms with Gasteiger partial charge in [-0.1, -0.05) is 64.8 Å². The van der Waals surface area contributed by atoms with Gasteiger partial charge < -0.3 is 24.5 Å². The third kappa shape index (κ3) is 10.2. The fourth-order valence-corrected chi connectivity index (χ4v) is 7.37. The molecular weight excluding hydrogens is 653 g/mol. The van der Waals surface area contributed by atoms with Crippen molar-refractivity contribution in [1.29, 1.82) is 0 Å². The number of likely N-dealkylation sites (tertiary alicyclic amines) is 1. The molecule has 1 atom stereocenters. The number of pyridine rings is 1. The van der Waals surface area contributed by atoms with E-state index in [4.69, 9.17) is 28.9 Å². The van der Waals surface area contributed by atoms with Gasteiger partial charge in [-0.05, 0) is 86.7 Å². The number of methoxy groups -OCH3 is 2. The third-order valence-electron chi connectivity index (χ3n) is 10.6. The molecule has 2 N–H and O–H groups in total. The first-order valence-electron chi connectivity index (χ1n) is 18.6. The Kier molecular flexibility index (Phi) is 12.6. The van der Waals surface area contributed by atoms with E-state index >= 15 is 0 Å². The van der Waals surface area contributed by atoms with Crippen LogP contribution in [0.4, 0.5) is 11.8 Å². The lowest BCUT2D eigenvalue weighted by atomic mass is 9.95. The lowest BCUT2D eigenvalue weighted by Crippen LogP contribution is -2.48. The van der Waals surface area contributed by atoms with E-state index in [1.165, 1.54) is 37.1 Å². The molecule has 0 radical (unpaired) electrons. The molecule has 0 saturated carbocycles. The van der Waals surface area contributed by atoms with Crippen LogP contribution in [0, 0.1) is 0 Å². The van der Waals surface area contributed by atoms with Crippen molar-refractivity contribution >= 4 is 31.0 Å². The van der Waals surface area contributed by atoms with E-state index in [0.29, 0.717) is 19.1 Å². The Bertz CT molecular complexity index is 1740. The van der Waals surface area contributed by atoms with Gasteiger partial charge in [0.1, 0.15) is 17.3 Å². The van der Waals surface area contributed by atoms with Gasteiger partial charge in [0.05, 0.1) is 37.3 Å². The number of aromatic nitrogens is 3. The van der Waals surface area contributed by atoms with E-state index in [2.05, 4.69) is 93.6 Å². The van der Waals surface area contributed by atoms with Gasteiger partial charge in [-0.25, -0.2) is 4.98 Å². The van der Waals surface area contributed by atoms with Crippen LogP contribution in [-0.2, 0) is 23.9 Å². The smallest absolute Gasteiger partial charge is 0.225 e. The Morgan fingerprint density at radius 2 is 1.63 bits per heavy atom. The van der Waals surface area contributed by atoms with E-state index in [9.17, 15) is 0 Å². The van der Waals surface area contributed by atoms with Gasteiger partial charge in [0, 0.05) is 43.0 Å². The first-order valence-corrected chi connectivity index (χ1v) is 21.6. The van der Waals surface area contributed by atoms with E-state index in [-0.39, 0.29) is 10.6 Å². The van der Waals surface area contributed by atoms with Crippen molar-refractivity contribution in [2.75, 3.05) is 44.5 Å². The summed E-state index contributed by atoms with van der Waals surface area (Å²) in [6.07, 6.45) is 8.41. The van der Waals surface area contributed by atoms with Crippen molar-refractivity contribution in [3.05, 3.63) is 77.1 Å². The van der Waals surface area contributed by atoms with Crippen LogP contribution >= 0.6 is 0 Å². The minimum atomic E-state index is -1.98. The Balaban J connectivity index is 1.45. The monoisotopic (exact) mass is 712 g/mol. The summed E-state index contributed by atoms with van der Waals surface area (Å²) in [5, 5.41) is 8.35. The topological polar surface area (TPSA) is 93.7 Å². The van der Waals surface area contributed by atoms with Crippen LogP contribution < -0.4 is 20.1 Å². The maximum Gasteiger partial charge on any atom is 0.225 e. The van der Waals surface area contributed by atoms with Gasteiger partial charge in [0.15, 0.2) is 8.32 Å². The Morgan fingerprint density at radius 3 is 2.29 bits per heavy atom. The van der Waals surface area contributed by atoms with Gasteiger partial charge >= 0.3 is 0 Å². The molecule has 0 spiro atoms. The van der Waals surface area contributed by atoms with E-state index in [1.807, 2.05) is 24.4 Å². The molecule has 9 nitrogen and oxygen atoms in total. The number of nitrogens with zero attached hydrogens (tertiary/aromatic N) is 4. The number of hydrogen-bond acceptors (Lipinski definition) is 9. The Labute approximate surface area is 307 Å². The summed E-state index contributed by atoms with van der Waals surface area (Å²) in [4.78, 5) is 17.6. The zero-order valence-corrected chi connectivity index (χ0v) is 33.5. The van der Waals surface area contributed by atoms with Crippen LogP contribution in [0.2, 0.25) is 18.1 Å². The molecule has 1 fully saturated rings. The fourth-order valence-electron chi connectivity index (χ4n) is 6.26. The van der Waals surface area contributed by atoms with Crippen molar-refractivity contribution in [2.45, 2.75) is 110 Å². The van der Waals surface area contributed by atoms with Crippen molar-refractivity contribution in [3.8, 4) is 11.5 Å². The average Bonchev–Trinajstić information content (AvgIpc) is 3.62. The van der Waals surface area contributed by atoms with Crippen LogP contribution in [0.15, 0.2) is 54.7 Å². The van der Waals surface area contributed by atoms with Crippen molar-refractivity contribution < 1.29 is 13.9 Å². The molecule has 5 rings (SSSR count). The zero-order chi connectivity index (χ0) is 36.6. The van der Waals surface area contributed by atoms with E-state index in [0.717, 1.165) is 71.7 Å². The van der Waals surface area contributed by atoms with Gasteiger partial charge in [0.25, 0.3) is 0 Å². The maximum absolute atomic E-state index is 6.83. The molecule has 4 aromatic rings. The third-order valence-corrected chi connectivity index (χ3v) is 15.1. The number of rotatable bonds is 17. The molecule has 1 aliphatic heterocycles. The van der Waals surface area contributed by atoms with Crippen LogP contribution in [0.5, 0.6) is 11.5 Å². The SMILES string of the molecule is CCCC[C@](C)(CO[Si](C)(C)C(C)(C)C)Nc1nc(NCc2ccc(OC)cc2OC)nc2cc(Cc3ccc(CN4CCCC4)cc3)ncc12. The van der Waals surface area contributed by atoms with Gasteiger partial charge in [-0.15, -0.1) is 0 Å². The lowest BCUT2D eigenvalue weighted by molar-refractivity contribution is 0.214. The second-order valence-corrected chi connectivity index (χ2v) is 20.7. The predicted molar refractivity (Wildman–Crippen MR) is 213 cm³/mol. The van der Waals surface area contributed by atoms with Crippen molar-refractivity contribution in [2.24, 2.45) is 0 Å². The zero-order valence-electron chi connectivity index (χ0n) is 32.5. The highest BCUT2D eigenvalue weighted by atomic mass is 28.4. The lowest BCUT2D eigenvalue weighted by Gasteiger charge is -2.40. The average molecular weight is 713 g/mol. The quantitative estimate of drug-likeness (QED) is 0.104. The van der Waals surface area contributed by atoms with Gasteiger partial charge in [-0.3, -0.25) is 9.88 Å². The molecule has 3 heterocycles. The van der Waals surface area contributed by atoms with Crippen LogP contribution in [0.25, 0.3) is 10.9 Å². The molecule has 51 heavy (non-hydrogen) atoms. The number of ether oxygens (including phenoxy) is 2. The summed E-state index contributed by atoms with van der Waals surface area (Å²) in [7, 11) is 1.35. The minimum Gasteiger partial charge on any atom is -0.497 e. The second kappa shape index (κ2) is 16.7. The molecule has 0 aliphatic carbocycles. The molecular formula is C41H60N6O3Si. The predicted octanol–water partition coefficient (Wildman–Crippen LogP) is 9.22. The molecule has 0 unspecified atom stereocenters. The summed E-state index contributed by atoms with van der Waals surface area (Å²) >= 11 is 0. The van der Waals surface area contributed by atoms with Gasteiger partial charge in [-0.2, -0.15) is 4.98 Å². The van der Waals surface area contributed by atoms with Crippen molar-refractivity contribution in [3.63, 3.8) is 0 Å². The normalized spacial score (nSPS) is 15.2. The summed E-state index contributed by atoms with van der Waals surface area (Å²) in [5.41, 5.74) is 5.06. The summed E-state index contributed by atoms with van der Waals surface area (Å²) in [5.74, 6) is 2.78. The fraction of sp³-hybridized carbons (Fsp3) is 0.537. The Morgan fingerprint density at radius 1 is 0.902 bits per heavy atom. The maximum atomic E-state index is 6.83. The van der Waals surface area contributed by atoms with Crippen LogP contribution in [0.1, 0.15) is 89.1 Å². The van der Waals surface area contributed by atoms with E-state index in [1.54, 1.807) is 14.2 Å².